The van der Waals surface area contributed by atoms with Crippen LogP contribution >= 0.6 is 11.8 Å². The number of unbranched alkanes of at least 4 members (excludes halogenated alkanes) is 29. The minimum absolute atomic E-state index is 0.768. The average Bonchev–Trinajstić information content (AvgIpc) is 3.08. The van der Waals surface area contributed by atoms with Crippen molar-refractivity contribution in [3.05, 3.63) is 0 Å². The van der Waals surface area contributed by atoms with Crippen LogP contribution in [0.15, 0.2) is 0 Å². The summed E-state index contributed by atoms with van der Waals surface area (Å²) in [4.78, 5) is 3.01. The summed E-state index contributed by atoms with van der Waals surface area (Å²) in [5.74, 6) is 0. The average molecular weight is 687 g/mol. The second kappa shape index (κ2) is 42.3. The Morgan fingerprint density at radius 3 is 1.00 bits per heavy atom. The van der Waals surface area contributed by atoms with E-state index in [2.05, 4.69) is 34.2 Å². The standard InChI is InChI=1S/C41H88ClN5/c1-3-5-7-9-11-13-15-17-19-21-23-25-27-29-32-39-46(47(45-42)41-34-31-37-44-38-35-36-43)40-33-30-28-26-24-22-20-18-16-14-12-10-8-6-4-2/h44-45H,3-41,43H2,1-2H3. The molecular formula is C41H88ClN5. The van der Waals surface area contributed by atoms with Gasteiger partial charge in [0.1, 0.15) is 0 Å². The Balaban J connectivity index is 4.08. The molecule has 6 heteroatoms. The van der Waals surface area contributed by atoms with Gasteiger partial charge in [0.2, 0.25) is 0 Å². The van der Waals surface area contributed by atoms with Gasteiger partial charge in [0, 0.05) is 19.6 Å². The predicted octanol–water partition coefficient (Wildman–Crippen LogP) is 12.6. The van der Waals surface area contributed by atoms with Crippen LogP contribution in [-0.4, -0.2) is 49.4 Å². The van der Waals surface area contributed by atoms with Gasteiger partial charge in [0.15, 0.2) is 0 Å². The molecule has 0 aliphatic carbocycles. The van der Waals surface area contributed by atoms with Gasteiger partial charge in [-0.2, -0.15) is 10.1 Å². The summed E-state index contributed by atoms with van der Waals surface area (Å²) >= 11 is 6.29. The highest BCUT2D eigenvalue weighted by molar-refractivity contribution is 6.13. The molecule has 0 atom stereocenters. The Labute approximate surface area is 302 Å². The van der Waals surface area contributed by atoms with Crippen LogP contribution in [0, 0.1) is 0 Å². The lowest BCUT2D eigenvalue weighted by Crippen LogP contribution is -2.49. The van der Waals surface area contributed by atoms with Crippen molar-refractivity contribution >= 4 is 11.8 Å². The number of hydrogen-bond donors (Lipinski definition) is 3. The van der Waals surface area contributed by atoms with Gasteiger partial charge in [-0.05, 0) is 63.5 Å². The van der Waals surface area contributed by atoms with Crippen LogP contribution < -0.4 is 16.0 Å². The third-order valence-corrected chi connectivity index (χ3v) is 10.2. The van der Waals surface area contributed by atoms with Gasteiger partial charge >= 0.3 is 0 Å². The quantitative estimate of drug-likeness (QED) is 0.0339. The fourth-order valence-corrected chi connectivity index (χ4v) is 6.98. The summed E-state index contributed by atoms with van der Waals surface area (Å²) in [5.41, 5.74) is 5.62. The van der Waals surface area contributed by atoms with E-state index in [0.29, 0.717) is 0 Å². The van der Waals surface area contributed by atoms with Crippen molar-refractivity contribution in [1.29, 1.82) is 0 Å². The second-order valence-corrected chi connectivity index (χ2v) is 14.8. The van der Waals surface area contributed by atoms with E-state index in [0.717, 1.165) is 52.1 Å². The van der Waals surface area contributed by atoms with E-state index < -0.39 is 0 Å². The molecule has 0 aromatic heterocycles. The maximum Gasteiger partial charge on any atom is 0.0303 e. The molecule has 0 heterocycles. The minimum atomic E-state index is 0.768. The third kappa shape index (κ3) is 37.2. The summed E-state index contributed by atoms with van der Waals surface area (Å²) in [6.07, 6.45) is 45.8. The summed E-state index contributed by atoms with van der Waals surface area (Å²) in [5, 5.41) is 8.23. The monoisotopic (exact) mass is 686 g/mol. The SMILES string of the molecule is CCCCCCCCCCCCCCCCCN(CCCCCCCCCCCCCCCCC)N(CCCCNCCCN)NCl. The molecule has 284 valence electrons. The van der Waals surface area contributed by atoms with Crippen molar-refractivity contribution in [2.45, 2.75) is 226 Å². The Morgan fingerprint density at radius 1 is 0.383 bits per heavy atom. The fraction of sp³-hybridized carbons (Fsp3) is 1.00. The molecule has 47 heavy (non-hydrogen) atoms. The number of halogens is 1. The first kappa shape index (κ1) is 47.1. The number of rotatable bonds is 42. The van der Waals surface area contributed by atoms with Crippen molar-refractivity contribution in [3.63, 3.8) is 0 Å². The minimum Gasteiger partial charge on any atom is -0.330 e. The molecule has 0 aliphatic rings. The highest BCUT2D eigenvalue weighted by atomic mass is 35.5. The van der Waals surface area contributed by atoms with Crippen molar-refractivity contribution in [2.24, 2.45) is 5.73 Å². The number of nitrogens with one attached hydrogen (secondary N) is 2. The van der Waals surface area contributed by atoms with Gasteiger partial charge in [-0.25, -0.2) is 5.01 Å². The fourth-order valence-electron chi connectivity index (χ4n) is 6.79. The van der Waals surface area contributed by atoms with E-state index in [1.807, 2.05) is 0 Å². The van der Waals surface area contributed by atoms with Gasteiger partial charge in [0.25, 0.3) is 0 Å². The Hall–Kier alpha value is 0.0900. The lowest BCUT2D eigenvalue weighted by atomic mass is 10.0. The van der Waals surface area contributed by atoms with Gasteiger partial charge < -0.3 is 11.1 Å². The van der Waals surface area contributed by atoms with Crippen LogP contribution in [0.4, 0.5) is 0 Å². The molecule has 0 aliphatic heterocycles. The van der Waals surface area contributed by atoms with Crippen molar-refractivity contribution in [2.75, 3.05) is 39.3 Å². The van der Waals surface area contributed by atoms with Crippen molar-refractivity contribution in [1.82, 2.24) is 20.4 Å². The largest absolute Gasteiger partial charge is 0.330 e. The van der Waals surface area contributed by atoms with Crippen LogP contribution in [0.2, 0.25) is 0 Å². The van der Waals surface area contributed by atoms with E-state index in [1.165, 1.54) is 199 Å². The maximum atomic E-state index is 6.29. The molecule has 0 fully saturated rings. The topological polar surface area (TPSA) is 56.6 Å². The number of hydrazine groups is 2. The van der Waals surface area contributed by atoms with Crippen LogP contribution in [0.3, 0.4) is 0 Å². The molecule has 4 N–H and O–H groups in total. The Bertz CT molecular complexity index is 518. The number of nitrogens with zero attached hydrogens (tertiary/aromatic N) is 2. The number of hydrogen-bond acceptors (Lipinski definition) is 5. The molecule has 0 saturated heterocycles. The van der Waals surface area contributed by atoms with Gasteiger partial charge in [-0.15, -0.1) is 0 Å². The summed E-state index contributed by atoms with van der Waals surface area (Å²) in [6, 6.07) is 0. The number of nitrogens with two attached hydrogens (primary N) is 1. The summed E-state index contributed by atoms with van der Waals surface area (Å²) in [7, 11) is 0. The van der Waals surface area contributed by atoms with E-state index in [9.17, 15) is 0 Å². The summed E-state index contributed by atoms with van der Waals surface area (Å²) in [6.45, 7) is 10.7. The second-order valence-electron chi connectivity index (χ2n) is 14.7. The van der Waals surface area contributed by atoms with Crippen LogP contribution in [0.5, 0.6) is 0 Å². The molecule has 0 amide bonds. The zero-order valence-electron chi connectivity index (χ0n) is 32.4. The first-order valence-corrected chi connectivity index (χ1v) is 22.0. The van der Waals surface area contributed by atoms with E-state index >= 15 is 0 Å². The normalized spacial score (nSPS) is 11.9. The molecule has 0 aromatic carbocycles. The van der Waals surface area contributed by atoms with Gasteiger partial charge in [-0.1, -0.05) is 194 Å². The van der Waals surface area contributed by atoms with E-state index in [4.69, 9.17) is 17.5 Å². The highest BCUT2D eigenvalue weighted by Gasteiger charge is 2.14. The lowest BCUT2D eigenvalue weighted by molar-refractivity contribution is -0.0497. The van der Waals surface area contributed by atoms with Crippen LogP contribution in [0.1, 0.15) is 226 Å². The molecule has 5 nitrogen and oxygen atoms in total. The zero-order chi connectivity index (χ0) is 34.1. The Kier molecular flexibility index (Phi) is 42.3. The maximum absolute atomic E-state index is 6.29. The lowest BCUT2D eigenvalue weighted by Gasteiger charge is -2.33. The zero-order valence-corrected chi connectivity index (χ0v) is 33.2. The van der Waals surface area contributed by atoms with Crippen LogP contribution in [-0.2, 0) is 0 Å². The molecular weight excluding hydrogens is 598 g/mol. The molecule has 0 aromatic rings. The first-order chi connectivity index (χ1) is 23.3. The molecule has 0 saturated carbocycles. The van der Waals surface area contributed by atoms with E-state index in [-0.39, 0.29) is 0 Å². The van der Waals surface area contributed by atoms with Gasteiger partial charge in [0.05, 0.1) is 0 Å². The third-order valence-electron chi connectivity index (χ3n) is 10.0. The van der Waals surface area contributed by atoms with Crippen LogP contribution in [0.25, 0.3) is 0 Å². The molecule has 0 unspecified atom stereocenters. The van der Waals surface area contributed by atoms with Crippen molar-refractivity contribution in [3.8, 4) is 0 Å². The van der Waals surface area contributed by atoms with Crippen molar-refractivity contribution < 1.29 is 0 Å². The Morgan fingerprint density at radius 2 is 0.681 bits per heavy atom. The van der Waals surface area contributed by atoms with Gasteiger partial charge in [-0.3, -0.25) is 0 Å². The molecule has 0 spiro atoms. The smallest absolute Gasteiger partial charge is 0.0303 e. The van der Waals surface area contributed by atoms with E-state index in [1.54, 1.807) is 0 Å². The predicted molar refractivity (Wildman–Crippen MR) is 213 cm³/mol. The molecule has 0 bridgehead atoms. The molecule has 0 rings (SSSR count). The highest BCUT2D eigenvalue weighted by Crippen LogP contribution is 2.16. The summed E-state index contributed by atoms with van der Waals surface area (Å²) < 4.78 is 0. The molecule has 0 radical (unpaired) electrons. The first-order valence-electron chi connectivity index (χ1n) is 21.6.